The van der Waals surface area contributed by atoms with Crippen molar-refractivity contribution in [2.24, 2.45) is 0 Å². The Bertz CT molecular complexity index is 1100. The van der Waals surface area contributed by atoms with Crippen LogP contribution in [0.4, 0.5) is 13.2 Å². The molecular weight excluding hydrogens is 453 g/mol. The highest BCUT2D eigenvalue weighted by Gasteiger charge is 2.32. The summed E-state index contributed by atoms with van der Waals surface area (Å²) < 4.78 is 52.8. The van der Waals surface area contributed by atoms with E-state index >= 15 is 0 Å². The van der Waals surface area contributed by atoms with Crippen LogP contribution in [0.3, 0.4) is 0 Å². The van der Waals surface area contributed by atoms with Crippen LogP contribution in [0.5, 0.6) is 0 Å². The maximum absolute atomic E-state index is 13.4. The first-order valence-corrected chi connectivity index (χ1v) is 11.8. The van der Waals surface area contributed by atoms with Gasteiger partial charge in [0.15, 0.2) is 5.16 Å². The lowest BCUT2D eigenvalue weighted by atomic mass is 10.1. The number of halogens is 3. The fourth-order valence-electron chi connectivity index (χ4n) is 3.38. The van der Waals surface area contributed by atoms with Crippen molar-refractivity contribution < 1.29 is 27.4 Å². The predicted octanol–water partition coefficient (Wildman–Crippen LogP) is 6.34. The van der Waals surface area contributed by atoms with Crippen LogP contribution in [0.15, 0.2) is 47.6 Å². The highest BCUT2D eigenvalue weighted by molar-refractivity contribution is 7.98. The Kier molecular flexibility index (Phi) is 8.42. The lowest BCUT2D eigenvalue weighted by molar-refractivity contribution is -0.138. The lowest BCUT2D eigenvalue weighted by Gasteiger charge is -2.13. The largest absolute Gasteiger partial charge is 0.462 e. The number of esters is 1. The van der Waals surface area contributed by atoms with E-state index in [0.717, 1.165) is 18.0 Å². The molecule has 0 fully saturated rings. The smallest absolute Gasteiger partial charge is 0.416 e. The molecule has 0 aliphatic carbocycles. The molecule has 0 saturated heterocycles. The van der Waals surface area contributed by atoms with Gasteiger partial charge in [0.05, 0.1) is 34.9 Å². The normalized spacial score (nSPS) is 12.0. The molecule has 0 atom stereocenters. The molecule has 0 radical (unpaired) electrons. The SMILES string of the molecule is CCOC(=O)c1ccc2c(c1)nc(SCc1ccccc1C(F)(F)F)n2CCCOC(C)C. The Labute approximate surface area is 195 Å². The second kappa shape index (κ2) is 11.1. The second-order valence-corrected chi connectivity index (χ2v) is 8.63. The lowest BCUT2D eigenvalue weighted by Crippen LogP contribution is -2.09. The summed E-state index contributed by atoms with van der Waals surface area (Å²) in [7, 11) is 0. The van der Waals surface area contributed by atoms with Crippen LogP contribution in [0.25, 0.3) is 11.0 Å². The zero-order valence-electron chi connectivity index (χ0n) is 18.8. The van der Waals surface area contributed by atoms with E-state index in [1.54, 1.807) is 31.2 Å². The highest BCUT2D eigenvalue weighted by atomic mass is 32.2. The molecule has 3 rings (SSSR count). The third-order valence-corrected chi connectivity index (χ3v) is 5.91. The maximum atomic E-state index is 13.4. The van der Waals surface area contributed by atoms with E-state index < -0.39 is 17.7 Å². The first-order valence-electron chi connectivity index (χ1n) is 10.8. The quantitative estimate of drug-likeness (QED) is 0.193. The molecule has 1 heterocycles. The number of carbonyl (C=O) groups is 1. The molecule has 0 aliphatic rings. The van der Waals surface area contributed by atoms with Gasteiger partial charge in [-0.15, -0.1) is 0 Å². The monoisotopic (exact) mass is 480 g/mol. The van der Waals surface area contributed by atoms with Crippen LogP contribution in [0, 0.1) is 0 Å². The fraction of sp³-hybridized carbons (Fsp3) is 0.417. The molecule has 0 aliphatic heterocycles. The summed E-state index contributed by atoms with van der Waals surface area (Å²) in [6.07, 6.45) is -3.58. The first kappa shape index (κ1) is 25.1. The molecule has 1 aromatic heterocycles. The minimum Gasteiger partial charge on any atom is -0.462 e. The zero-order valence-corrected chi connectivity index (χ0v) is 19.6. The van der Waals surface area contributed by atoms with Crippen LogP contribution < -0.4 is 0 Å². The van der Waals surface area contributed by atoms with Gasteiger partial charge < -0.3 is 14.0 Å². The maximum Gasteiger partial charge on any atom is 0.416 e. The first-order chi connectivity index (χ1) is 15.7. The van der Waals surface area contributed by atoms with Crippen LogP contribution in [-0.4, -0.2) is 34.8 Å². The van der Waals surface area contributed by atoms with Gasteiger partial charge in [-0.2, -0.15) is 13.2 Å². The number of nitrogens with zero attached hydrogens (tertiary/aromatic N) is 2. The number of hydrogen-bond donors (Lipinski definition) is 0. The molecule has 0 spiro atoms. The van der Waals surface area contributed by atoms with Gasteiger partial charge in [-0.25, -0.2) is 9.78 Å². The number of benzene rings is 2. The van der Waals surface area contributed by atoms with E-state index in [1.807, 2.05) is 18.4 Å². The summed E-state index contributed by atoms with van der Waals surface area (Å²) in [5.74, 6) is -0.320. The van der Waals surface area contributed by atoms with Crippen molar-refractivity contribution in [3.05, 3.63) is 59.2 Å². The molecule has 0 N–H and O–H groups in total. The van der Waals surface area contributed by atoms with Gasteiger partial charge in [0.25, 0.3) is 0 Å². The summed E-state index contributed by atoms with van der Waals surface area (Å²) in [4.78, 5) is 16.7. The summed E-state index contributed by atoms with van der Waals surface area (Å²) >= 11 is 1.24. The molecule has 9 heteroatoms. The molecule has 0 amide bonds. The number of alkyl halides is 3. The van der Waals surface area contributed by atoms with Crippen molar-refractivity contribution in [2.45, 2.75) is 56.9 Å². The summed E-state index contributed by atoms with van der Waals surface area (Å²) in [6.45, 7) is 7.06. The van der Waals surface area contributed by atoms with Crippen LogP contribution >= 0.6 is 11.8 Å². The number of thioether (sulfide) groups is 1. The minimum absolute atomic E-state index is 0.115. The van der Waals surface area contributed by atoms with Gasteiger partial charge in [0.1, 0.15) is 0 Å². The second-order valence-electron chi connectivity index (χ2n) is 7.69. The summed E-state index contributed by atoms with van der Waals surface area (Å²) in [5.41, 5.74) is 1.34. The van der Waals surface area contributed by atoms with Gasteiger partial charge in [-0.05, 0) is 57.0 Å². The number of fused-ring (bicyclic) bond motifs is 1. The van der Waals surface area contributed by atoms with Crippen LogP contribution in [-0.2, 0) is 27.9 Å². The van der Waals surface area contributed by atoms with Crippen molar-refractivity contribution in [2.75, 3.05) is 13.2 Å². The Morgan fingerprint density at radius 1 is 1.18 bits per heavy atom. The Hall–Kier alpha value is -2.52. The average Bonchev–Trinajstić information content (AvgIpc) is 3.11. The van der Waals surface area contributed by atoms with Crippen molar-refractivity contribution >= 4 is 28.8 Å². The number of aromatic nitrogens is 2. The predicted molar refractivity (Wildman–Crippen MR) is 122 cm³/mol. The Morgan fingerprint density at radius 2 is 1.94 bits per heavy atom. The van der Waals surface area contributed by atoms with Crippen LogP contribution in [0.1, 0.15) is 48.7 Å². The topological polar surface area (TPSA) is 53.3 Å². The molecule has 0 unspecified atom stereocenters. The molecule has 0 bridgehead atoms. The van der Waals surface area contributed by atoms with Gasteiger partial charge in [-0.3, -0.25) is 0 Å². The van der Waals surface area contributed by atoms with Crippen molar-refractivity contribution in [3.8, 4) is 0 Å². The molecule has 2 aromatic carbocycles. The number of ether oxygens (including phenoxy) is 2. The molecule has 0 saturated carbocycles. The summed E-state index contributed by atoms with van der Waals surface area (Å²) in [6, 6.07) is 10.7. The number of hydrogen-bond acceptors (Lipinski definition) is 5. The van der Waals surface area contributed by atoms with E-state index in [1.165, 1.54) is 23.9 Å². The van der Waals surface area contributed by atoms with Gasteiger partial charge in [-0.1, -0.05) is 30.0 Å². The van der Waals surface area contributed by atoms with Crippen molar-refractivity contribution in [3.63, 3.8) is 0 Å². The zero-order chi connectivity index (χ0) is 24.0. The van der Waals surface area contributed by atoms with E-state index in [-0.39, 0.29) is 24.0 Å². The van der Waals surface area contributed by atoms with Crippen LogP contribution in [0.2, 0.25) is 0 Å². The van der Waals surface area contributed by atoms with Gasteiger partial charge in [0, 0.05) is 18.9 Å². The Morgan fingerprint density at radius 3 is 2.64 bits per heavy atom. The standard InChI is InChI=1S/C24H27F3N2O3S/c1-4-31-22(30)17-10-11-21-20(14-17)28-23(29(21)12-7-13-32-16(2)3)33-15-18-8-5-6-9-19(18)24(25,26)27/h5-6,8-11,14,16H,4,7,12-13,15H2,1-3H3. The highest BCUT2D eigenvalue weighted by Crippen LogP contribution is 2.35. The molecule has 5 nitrogen and oxygen atoms in total. The van der Waals surface area contributed by atoms with Gasteiger partial charge in [0.2, 0.25) is 0 Å². The average molecular weight is 481 g/mol. The third-order valence-electron chi connectivity index (χ3n) is 4.88. The molecule has 3 aromatic rings. The minimum atomic E-state index is -4.42. The molecule has 33 heavy (non-hydrogen) atoms. The molecule has 178 valence electrons. The Balaban J connectivity index is 1.90. The molecular formula is C24H27F3N2O3S. The van der Waals surface area contributed by atoms with Gasteiger partial charge >= 0.3 is 12.1 Å². The van der Waals surface area contributed by atoms with Crippen molar-refractivity contribution in [1.82, 2.24) is 9.55 Å². The number of aryl methyl sites for hydroxylation is 1. The number of imidazole rings is 1. The van der Waals surface area contributed by atoms with E-state index in [0.29, 0.717) is 29.4 Å². The van der Waals surface area contributed by atoms with E-state index in [2.05, 4.69) is 4.98 Å². The third kappa shape index (κ3) is 6.51. The number of carbonyl (C=O) groups excluding carboxylic acids is 1. The number of rotatable bonds is 10. The van der Waals surface area contributed by atoms with Crippen molar-refractivity contribution in [1.29, 1.82) is 0 Å². The van der Waals surface area contributed by atoms with E-state index in [4.69, 9.17) is 9.47 Å². The van der Waals surface area contributed by atoms with E-state index in [9.17, 15) is 18.0 Å². The fourth-order valence-corrected chi connectivity index (χ4v) is 4.43. The summed E-state index contributed by atoms with van der Waals surface area (Å²) in [5, 5.41) is 0.590.